The normalized spacial score (nSPS) is 23.9. The highest BCUT2D eigenvalue weighted by atomic mass is 16.5. The van der Waals surface area contributed by atoms with E-state index < -0.39 is 11.9 Å². The number of hydrogen-bond acceptors (Lipinski definition) is 4. The molecule has 4 N–H and O–H groups in total. The van der Waals surface area contributed by atoms with Crippen LogP contribution in [0.5, 0.6) is 0 Å². The van der Waals surface area contributed by atoms with E-state index in [1.807, 2.05) is 0 Å². The zero-order valence-corrected chi connectivity index (χ0v) is 4.63. The molecule has 0 aromatic carbocycles. The van der Waals surface area contributed by atoms with Gasteiger partial charge in [-0.15, -0.1) is 0 Å². The quantitative estimate of drug-likeness (QED) is 0.344. The lowest BCUT2D eigenvalue weighted by molar-refractivity contribution is -0.501. The van der Waals surface area contributed by atoms with Gasteiger partial charge in [-0.2, -0.15) is 0 Å². The van der Waals surface area contributed by atoms with Crippen LogP contribution in [0.3, 0.4) is 0 Å². The maximum absolute atomic E-state index is 10.5. The molecule has 9 heavy (non-hydrogen) atoms. The van der Waals surface area contributed by atoms with Crippen molar-refractivity contribution in [2.75, 3.05) is 0 Å². The van der Waals surface area contributed by atoms with Crippen LogP contribution < -0.4 is 16.3 Å². The largest absolute Gasteiger partial charge is 0.628 e. The van der Waals surface area contributed by atoms with E-state index in [1.165, 1.54) is 0 Å². The SMILES string of the molecule is O=C([NH2+][O-])C1C=CNN1. The molecule has 0 bridgehead atoms. The number of quaternary nitrogens is 1. The maximum Gasteiger partial charge on any atom is 0.333 e. The van der Waals surface area contributed by atoms with Crippen molar-refractivity contribution in [3.05, 3.63) is 17.5 Å². The number of nitrogens with two attached hydrogens (primary N) is 1. The average molecular weight is 129 g/mol. The first-order valence-corrected chi connectivity index (χ1v) is 2.51. The Balaban J connectivity index is 2.43. The zero-order chi connectivity index (χ0) is 6.69. The molecule has 5 heteroatoms. The second-order valence-electron chi connectivity index (χ2n) is 1.65. The Morgan fingerprint density at radius 1 is 1.78 bits per heavy atom. The predicted molar refractivity (Wildman–Crippen MR) is 29.5 cm³/mol. The van der Waals surface area contributed by atoms with Gasteiger partial charge in [0.1, 0.15) is 0 Å². The Labute approximate surface area is 51.7 Å². The Kier molecular flexibility index (Phi) is 1.78. The predicted octanol–water partition coefficient (Wildman–Crippen LogP) is -2.44. The van der Waals surface area contributed by atoms with E-state index in [9.17, 15) is 10.0 Å². The highest BCUT2D eigenvalue weighted by Gasteiger charge is 2.17. The number of hydroxylamine groups is 1. The van der Waals surface area contributed by atoms with Crippen LogP contribution in [0.15, 0.2) is 12.3 Å². The van der Waals surface area contributed by atoms with Gasteiger partial charge in [0.2, 0.25) is 0 Å². The Hall–Kier alpha value is -0.910. The molecule has 0 aromatic rings. The van der Waals surface area contributed by atoms with Crippen molar-refractivity contribution >= 4 is 5.91 Å². The minimum atomic E-state index is -0.470. The summed E-state index contributed by atoms with van der Waals surface area (Å²) >= 11 is 0. The molecule has 1 aliphatic rings. The number of carbonyl (C=O) groups is 1. The van der Waals surface area contributed by atoms with Crippen LogP contribution >= 0.6 is 0 Å². The number of rotatable bonds is 1. The van der Waals surface area contributed by atoms with Gasteiger partial charge in [-0.3, -0.25) is 0 Å². The molecular weight excluding hydrogens is 122 g/mol. The number of amides is 1. The molecule has 1 unspecified atom stereocenters. The first-order chi connectivity index (χ1) is 4.34. The van der Waals surface area contributed by atoms with E-state index in [0.29, 0.717) is 5.48 Å². The first-order valence-electron chi connectivity index (χ1n) is 2.51. The maximum atomic E-state index is 10.5. The molecule has 0 aliphatic carbocycles. The van der Waals surface area contributed by atoms with E-state index in [-0.39, 0.29) is 0 Å². The van der Waals surface area contributed by atoms with E-state index >= 15 is 0 Å². The Bertz CT molecular complexity index is 145. The van der Waals surface area contributed by atoms with Gasteiger partial charge in [-0.05, 0) is 6.08 Å². The summed E-state index contributed by atoms with van der Waals surface area (Å²) in [4.78, 5) is 10.5. The van der Waals surface area contributed by atoms with Crippen molar-refractivity contribution in [3.63, 3.8) is 0 Å². The van der Waals surface area contributed by atoms with Crippen molar-refractivity contribution in [1.29, 1.82) is 0 Å². The molecule has 0 saturated heterocycles. The molecule has 1 amide bonds. The molecule has 5 nitrogen and oxygen atoms in total. The number of nitrogens with one attached hydrogen (secondary N) is 2. The summed E-state index contributed by atoms with van der Waals surface area (Å²) in [6.07, 6.45) is 3.16. The molecule has 1 atom stereocenters. The summed E-state index contributed by atoms with van der Waals surface area (Å²) in [6, 6.07) is -0.470. The molecule has 1 rings (SSSR count). The number of hydrazine groups is 1. The van der Waals surface area contributed by atoms with Crippen LogP contribution in [-0.2, 0) is 4.79 Å². The van der Waals surface area contributed by atoms with Crippen LogP contribution in [0, 0.1) is 5.21 Å². The molecule has 50 valence electrons. The van der Waals surface area contributed by atoms with Crippen LogP contribution in [0.1, 0.15) is 0 Å². The highest BCUT2D eigenvalue weighted by molar-refractivity contribution is 5.75. The summed E-state index contributed by atoms with van der Waals surface area (Å²) in [6.45, 7) is 0. The second kappa shape index (κ2) is 2.58. The lowest BCUT2D eigenvalue weighted by atomic mass is 10.3. The van der Waals surface area contributed by atoms with Crippen LogP contribution in [0.4, 0.5) is 0 Å². The number of primary amides is 1. The molecule has 0 aromatic heterocycles. The summed E-state index contributed by atoms with van der Waals surface area (Å²) in [5.41, 5.74) is 5.44. The lowest BCUT2D eigenvalue weighted by Gasteiger charge is -2.04. The fourth-order valence-corrected chi connectivity index (χ4v) is 0.570. The van der Waals surface area contributed by atoms with E-state index in [0.717, 1.165) is 0 Å². The summed E-state index contributed by atoms with van der Waals surface area (Å²) in [5, 5.41) is 9.84. The first kappa shape index (κ1) is 6.21. The standard InChI is InChI=1S/C4H7N3O2/c8-4(7-9)3-1-2-5-6-3/h1-3,5-6H,7H2. The van der Waals surface area contributed by atoms with Gasteiger partial charge in [-0.1, -0.05) is 0 Å². The van der Waals surface area contributed by atoms with Gasteiger partial charge in [0.15, 0.2) is 6.04 Å². The Morgan fingerprint density at radius 2 is 2.56 bits per heavy atom. The number of hydrogen-bond donors (Lipinski definition) is 3. The highest BCUT2D eigenvalue weighted by Crippen LogP contribution is 1.86. The van der Waals surface area contributed by atoms with E-state index in [2.05, 4.69) is 10.9 Å². The van der Waals surface area contributed by atoms with Crippen molar-refractivity contribution in [1.82, 2.24) is 10.9 Å². The third-order valence-electron chi connectivity index (χ3n) is 1.03. The second-order valence-corrected chi connectivity index (χ2v) is 1.65. The average Bonchev–Trinajstić information content (AvgIpc) is 2.37. The third kappa shape index (κ3) is 1.26. The molecule has 0 fully saturated rings. The van der Waals surface area contributed by atoms with Crippen LogP contribution in [0.25, 0.3) is 0 Å². The third-order valence-corrected chi connectivity index (χ3v) is 1.03. The fourth-order valence-electron chi connectivity index (χ4n) is 0.570. The Morgan fingerprint density at radius 3 is 3.00 bits per heavy atom. The van der Waals surface area contributed by atoms with Gasteiger partial charge in [0.25, 0.3) is 0 Å². The van der Waals surface area contributed by atoms with E-state index in [4.69, 9.17) is 0 Å². The lowest BCUT2D eigenvalue weighted by Crippen LogP contribution is -2.85. The minimum Gasteiger partial charge on any atom is -0.628 e. The summed E-state index contributed by atoms with van der Waals surface area (Å²) < 4.78 is 0. The van der Waals surface area contributed by atoms with Crippen molar-refractivity contribution in [2.45, 2.75) is 6.04 Å². The topological polar surface area (TPSA) is 80.8 Å². The van der Waals surface area contributed by atoms with Crippen molar-refractivity contribution in [3.8, 4) is 0 Å². The van der Waals surface area contributed by atoms with Crippen LogP contribution in [-0.4, -0.2) is 11.9 Å². The molecular formula is C4H7N3O2. The number of carbonyl (C=O) groups excluding carboxylic acids is 1. The summed E-state index contributed by atoms with van der Waals surface area (Å²) in [7, 11) is 0. The summed E-state index contributed by atoms with van der Waals surface area (Å²) in [5.74, 6) is -0.462. The van der Waals surface area contributed by atoms with Gasteiger partial charge in [-0.25, -0.2) is 10.2 Å². The van der Waals surface area contributed by atoms with E-state index in [1.54, 1.807) is 12.3 Å². The minimum absolute atomic E-state index is 0.301. The van der Waals surface area contributed by atoms with Gasteiger partial charge in [0, 0.05) is 6.20 Å². The smallest absolute Gasteiger partial charge is 0.333 e. The van der Waals surface area contributed by atoms with Crippen LogP contribution in [0.2, 0.25) is 0 Å². The van der Waals surface area contributed by atoms with Crippen molar-refractivity contribution < 1.29 is 10.3 Å². The van der Waals surface area contributed by atoms with Crippen molar-refractivity contribution in [2.24, 2.45) is 0 Å². The molecule has 1 heterocycles. The van der Waals surface area contributed by atoms with Gasteiger partial charge < -0.3 is 16.1 Å². The molecule has 0 saturated carbocycles. The molecule has 0 radical (unpaired) electrons. The monoisotopic (exact) mass is 129 g/mol. The van der Waals surface area contributed by atoms with Gasteiger partial charge in [0.05, 0.1) is 0 Å². The zero-order valence-electron chi connectivity index (χ0n) is 4.63. The fraction of sp³-hybridized carbons (Fsp3) is 0.250. The molecule has 0 spiro atoms. The van der Waals surface area contributed by atoms with Gasteiger partial charge >= 0.3 is 5.91 Å². The molecule has 1 aliphatic heterocycles.